The molecule has 64 valence electrons. The zero-order valence-corrected chi connectivity index (χ0v) is 7.60. The van der Waals surface area contributed by atoms with Gasteiger partial charge in [-0.1, -0.05) is 31.9 Å². The summed E-state index contributed by atoms with van der Waals surface area (Å²) in [5.74, 6) is 0. The van der Waals surface area contributed by atoms with Gasteiger partial charge in [-0.3, -0.25) is 0 Å². The molecular formula is C10H18O. The second kappa shape index (κ2) is 7.52. The number of hydrogen-bond acceptors (Lipinski definition) is 1. The lowest BCUT2D eigenvalue weighted by Gasteiger charge is -1.99. The lowest BCUT2D eigenvalue weighted by atomic mass is 10.1. The van der Waals surface area contributed by atoms with Crippen LogP contribution in [0.1, 0.15) is 46.0 Å². The van der Waals surface area contributed by atoms with Crippen molar-refractivity contribution in [1.82, 2.24) is 0 Å². The Balaban J connectivity index is 3.63. The summed E-state index contributed by atoms with van der Waals surface area (Å²) in [5.41, 5.74) is 1.43. The van der Waals surface area contributed by atoms with E-state index in [1.807, 2.05) is 0 Å². The first kappa shape index (κ1) is 10.4. The molecule has 0 aliphatic heterocycles. The second-order valence-corrected chi connectivity index (χ2v) is 2.71. The molecule has 1 nitrogen and oxygen atoms in total. The van der Waals surface area contributed by atoms with E-state index < -0.39 is 0 Å². The Labute approximate surface area is 69.5 Å². The number of allylic oxidation sites excluding steroid dienone is 2. The minimum atomic E-state index is 0.684. The third-order valence-corrected chi connectivity index (χ3v) is 1.76. The maximum absolute atomic E-state index is 10.1. The molecule has 0 aromatic heterocycles. The van der Waals surface area contributed by atoms with E-state index in [0.29, 0.717) is 6.42 Å². The molecule has 11 heavy (non-hydrogen) atoms. The maximum atomic E-state index is 10.1. The Hall–Kier alpha value is -0.590. The van der Waals surface area contributed by atoms with Gasteiger partial charge in [0.15, 0.2) is 0 Å². The van der Waals surface area contributed by atoms with Gasteiger partial charge in [-0.2, -0.15) is 0 Å². The average molecular weight is 154 g/mol. The first-order valence-corrected chi connectivity index (χ1v) is 4.46. The highest BCUT2D eigenvalue weighted by atomic mass is 16.1. The molecule has 0 amide bonds. The summed E-state index contributed by atoms with van der Waals surface area (Å²) in [6.07, 6.45) is 8.35. The first-order valence-electron chi connectivity index (χ1n) is 4.46. The van der Waals surface area contributed by atoms with Crippen molar-refractivity contribution in [3.8, 4) is 0 Å². The van der Waals surface area contributed by atoms with Gasteiger partial charge in [0.05, 0.1) is 0 Å². The van der Waals surface area contributed by atoms with Crippen molar-refractivity contribution in [2.75, 3.05) is 0 Å². The molecule has 0 aliphatic carbocycles. The van der Waals surface area contributed by atoms with Crippen molar-refractivity contribution in [2.24, 2.45) is 0 Å². The highest BCUT2D eigenvalue weighted by molar-refractivity contribution is 5.49. The molecule has 0 aromatic rings. The summed E-state index contributed by atoms with van der Waals surface area (Å²) in [5, 5.41) is 0. The molecule has 0 atom stereocenters. The van der Waals surface area contributed by atoms with Gasteiger partial charge in [-0.05, 0) is 19.3 Å². The molecule has 0 rings (SSSR count). The lowest BCUT2D eigenvalue weighted by Crippen LogP contribution is -1.83. The zero-order chi connectivity index (χ0) is 8.53. The van der Waals surface area contributed by atoms with Crippen LogP contribution in [0.25, 0.3) is 0 Å². The van der Waals surface area contributed by atoms with Crippen LogP contribution in [0.5, 0.6) is 0 Å². The molecule has 0 heterocycles. The number of unbranched alkanes of at least 4 members (excludes halogenated alkanes) is 1. The molecule has 0 bridgehead atoms. The largest absolute Gasteiger partial charge is 0.303 e. The highest BCUT2D eigenvalue weighted by Gasteiger charge is 1.92. The fourth-order valence-corrected chi connectivity index (χ4v) is 1.02. The third-order valence-electron chi connectivity index (χ3n) is 1.76. The normalized spacial score (nSPS) is 11.6. The number of carbonyl (C=O) groups excluding carboxylic acids is 1. The minimum absolute atomic E-state index is 0.684. The molecule has 0 saturated carbocycles. The third kappa shape index (κ3) is 5.84. The van der Waals surface area contributed by atoms with Crippen molar-refractivity contribution in [2.45, 2.75) is 46.0 Å². The molecule has 0 saturated heterocycles. The zero-order valence-electron chi connectivity index (χ0n) is 7.60. The van der Waals surface area contributed by atoms with E-state index in [-0.39, 0.29) is 0 Å². The molecule has 0 spiro atoms. The van der Waals surface area contributed by atoms with Gasteiger partial charge >= 0.3 is 0 Å². The summed E-state index contributed by atoms with van der Waals surface area (Å²) < 4.78 is 0. The van der Waals surface area contributed by atoms with Crippen LogP contribution in [-0.2, 0) is 4.79 Å². The van der Waals surface area contributed by atoms with E-state index >= 15 is 0 Å². The molecule has 0 unspecified atom stereocenters. The monoisotopic (exact) mass is 154 g/mol. The standard InChI is InChI=1S/C10H18O/c1-3-5-7-10(4-2)8-6-9-11/h7,9H,3-6,8H2,1-2H3/b10-7+. The van der Waals surface area contributed by atoms with Gasteiger partial charge in [0, 0.05) is 6.42 Å². The van der Waals surface area contributed by atoms with E-state index in [2.05, 4.69) is 19.9 Å². The van der Waals surface area contributed by atoms with Gasteiger partial charge in [-0.25, -0.2) is 0 Å². The van der Waals surface area contributed by atoms with Crippen LogP contribution in [0.3, 0.4) is 0 Å². The Morgan fingerprint density at radius 2 is 2.00 bits per heavy atom. The Morgan fingerprint density at radius 3 is 2.45 bits per heavy atom. The Morgan fingerprint density at radius 1 is 1.27 bits per heavy atom. The number of aldehydes is 1. The van der Waals surface area contributed by atoms with Crippen molar-refractivity contribution < 1.29 is 4.79 Å². The fraction of sp³-hybridized carbons (Fsp3) is 0.700. The van der Waals surface area contributed by atoms with Crippen LogP contribution in [0, 0.1) is 0 Å². The summed E-state index contributed by atoms with van der Waals surface area (Å²) in [6.45, 7) is 4.32. The van der Waals surface area contributed by atoms with E-state index in [1.165, 1.54) is 12.0 Å². The summed E-state index contributed by atoms with van der Waals surface area (Å²) in [7, 11) is 0. The van der Waals surface area contributed by atoms with E-state index in [9.17, 15) is 4.79 Å². The van der Waals surface area contributed by atoms with Crippen molar-refractivity contribution in [3.05, 3.63) is 11.6 Å². The van der Waals surface area contributed by atoms with E-state index in [0.717, 1.165) is 25.5 Å². The van der Waals surface area contributed by atoms with Gasteiger partial charge in [0.1, 0.15) is 6.29 Å². The van der Waals surface area contributed by atoms with Gasteiger partial charge in [0.2, 0.25) is 0 Å². The second-order valence-electron chi connectivity index (χ2n) is 2.71. The summed E-state index contributed by atoms with van der Waals surface area (Å²) in [4.78, 5) is 10.1. The summed E-state index contributed by atoms with van der Waals surface area (Å²) >= 11 is 0. The minimum Gasteiger partial charge on any atom is -0.303 e. The van der Waals surface area contributed by atoms with Crippen molar-refractivity contribution >= 4 is 6.29 Å². The molecule has 1 heteroatoms. The predicted molar refractivity (Wildman–Crippen MR) is 48.6 cm³/mol. The lowest BCUT2D eigenvalue weighted by molar-refractivity contribution is -0.107. The van der Waals surface area contributed by atoms with Crippen LogP contribution in [0.4, 0.5) is 0 Å². The van der Waals surface area contributed by atoms with Crippen LogP contribution in [-0.4, -0.2) is 6.29 Å². The number of hydrogen-bond donors (Lipinski definition) is 0. The Kier molecular flexibility index (Phi) is 7.11. The molecule has 0 N–H and O–H groups in total. The SMILES string of the molecule is CCC/C=C(\CC)CCC=O. The van der Waals surface area contributed by atoms with Crippen molar-refractivity contribution in [1.29, 1.82) is 0 Å². The van der Waals surface area contributed by atoms with E-state index in [4.69, 9.17) is 0 Å². The van der Waals surface area contributed by atoms with Gasteiger partial charge < -0.3 is 4.79 Å². The van der Waals surface area contributed by atoms with Crippen LogP contribution in [0.15, 0.2) is 11.6 Å². The number of carbonyl (C=O) groups is 1. The molecular weight excluding hydrogens is 136 g/mol. The highest BCUT2D eigenvalue weighted by Crippen LogP contribution is 2.09. The molecule has 0 aromatic carbocycles. The van der Waals surface area contributed by atoms with E-state index in [1.54, 1.807) is 0 Å². The van der Waals surface area contributed by atoms with Crippen LogP contribution >= 0.6 is 0 Å². The fourth-order valence-electron chi connectivity index (χ4n) is 1.02. The average Bonchev–Trinajstić information content (AvgIpc) is 2.05. The number of rotatable bonds is 6. The molecule has 0 fully saturated rings. The van der Waals surface area contributed by atoms with Crippen LogP contribution < -0.4 is 0 Å². The summed E-state index contributed by atoms with van der Waals surface area (Å²) in [6, 6.07) is 0. The molecule has 0 aliphatic rings. The molecule has 0 radical (unpaired) electrons. The predicted octanol–water partition coefficient (Wildman–Crippen LogP) is 3.10. The topological polar surface area (TPSA) is 17.1 Å². The quantitative estimate of drug-likeness (QED) is 0.424. The Bertz CT molecular complexity index is 125. The maximum Gasteiger partial charge on any atom is 0.120 e. The van der Waals surface area contributed by atoms with Gasteiger partial charge in [0.25, 0.3) is 0 Å². The van der Waals surface area contributed by atoms with Gasteiger partial charge in [-0.15, -0.1) is 0 Å². The smallest absolute Gasteiger partial charge is 0.120 e. The first-order chi connectivity index (χ1) is 5.35. The van der Waals surface area contributed by atoms with Crippen molar-refractivity contribution in [3.63, 3.8) is 0 Å². The van der Waals surface area contributed by atoms with Crippen LogP contribution in [0.2, 0.25) is 0 Å².